The summed E-state index contributed by atoms with van der Waals surface area (Å²) >= 11 is 0. The number of hydrogen-bond donors (Lipinski definition) is 2. The summed E-state index contributed by atoms with van der Waals surface area (Å²) in [4.78, 5) is 11.5. The van der Waals surface area contributed by atoms with E-state index < -0.39 is 0 Å². The van der Waals surface area contributed by atoms with Crippen LogP contribution in [0.1, 0.15) is 18.9 Å². The molecular weight excluding hydrogens is 240 g/mol. The molecule has 2 rings (SSSR count). The van der Waals surface area contributed by atoms with Gasteiger partial charge >= 0.3 is 0 Å². The molecule has 0 spiro atoms. The predicted molar refractivity (Wildman–Crippen MR) is 76.2 cm³/mol. The van der Waals surface area contributed by atoms with Crippen LogP contribution in [0, 0.1) is 5.92 Å². The second-order valence-electron chi connectivity index (χ2n) is 5.06. The maximum atomic E-state index is 11.5. The molecule has 1 aliphatic heterocycles. The Kier molecular flexibility index (Phi) is 4.80. The standard InChI is InChI=1S/C15H22N2O2/c1-11(13-7-8-19-10-13)17-14-6-4-3-5-12(14)9-15(18)16-2/h3-6,11,13,17H,7-10H2,1-2H3,(H,16,18). The molecule has 4 heteroatoms. The number of rotatable bonds is 5. The third-order valence-corrected chi connectivity index (χ3v) is 3.70. The molecule has 19 heavy (non-hydrogen) atoms. The Morgan fingerprint density at radius 1 is 1.47 bits per heavy atom. The molecule has 0 aliphatic carbocycles. The highest BCUT2D eigenvalue weighted by Gasteiger charge is 2.22. The molecule has 1 amide bonds. The molecule has 0 radical (unpaired) electrons. The summed E-state index contributed by atoms with van der Waals surface area (Å²) in [6.07, 6.45) is 1.51. The number of hydrogen-bond acceptors (Lipinski definition) is 3. The van der Waals surface area contributed by atoms with Gasteiger partial charge in [-0.3, -0.25) is 4.79 Å². The summed E-state index contributed by atoms with van der Waals surface area (Å²) < 4.78 is 5.42. The van der Waals surface area contributed by atoms with Crippen LogP contribution in [0.4, 0.5) is 5.69 Å². The van der Waals surface area contributed by atoms with Crippen molar-refractivity contribution in [2.75, 3.05) is 25.6 Å². The third-order valence-electron chi connectivity index (χ3n) is 3.70. The first-order valence-corrected chi connectivity index (χ1v) is 6.83. The van der Waals surface area contributed by atoms with Gasteiger partial charge in [-0.05, 0) is 25.0 Å². The van der Waals surface area contributed by atoms with Crippen molar-refractivity contribution in [3.8, 4) is 0 Å². The zero-order valence-electron chi connectivity index (χ0n) is 11.6. The highest BCUT2D eigenvalue weighted by atomic mass is 16.5. The lowest BCUT2D eigenvalue weighted by Crippen LogP contribution is -2.27. The Labute approximate surface area is 114 Å². The minimum atomic E-state index is 0.0334. The Morgan fingerprint density at radius 3 is 2.95 bits per heavy atom. The Balaban J connectivity index is 2.04. The van der Waals surface area contributed by atoms with Crippen molar-refractivity contribution >= 4 is 11.6 Å². The van der Waals surface area contributed by atoms with Gasteiger partial charge in [-0.15, -0.1) is 0 Å². The molecule has 1 aromatic rings. The van der Waals surface area contributed by atoms with E-state index in [0.717, 1.165) is 30.9 Å². The zero-order valence-corrected chi connectivity index (χ0v) is 11.6. The van der Waals surface area contributed by atoms with Crippen molar-refractivity contribution in [1.82, 2.24) is 5.32 Å². The van der Waals surface area contributed by atoms with Crippen molar-refractivity contribution in [3.05, 3.63) is 29.8 Å². The fraction of sp³-hybridized carbons (Fsp3) is 0.533. The normalized spacial score (nSPS) is 20.0. The molecule has 104 valence electrons. The molecule has 2 atom stereocenters. The summed E-state index contributed by atoms with van der Waals surface area (Å²) in [5, 5.41) is 6.18. The maximum Gasteiger partial charge on any atom is 0.224 e. The van der Waals surface area contributed by atoms with E-state index in [4.69, 9.17) is 4.74 Å². The van der Waals surface area contributed by atoms with Crippen LogP contribution in [0.3, 0.4) is 0 Å². The van der Waals surface area contributed by atoms with E-state index in [9.17, 15) is 4.79 Å². The van der Waals surface area contributed by atoms with Crippen LogP contribution in [0.2, 0.25) is 0 Å². The van der Waals surface area contributed by atoms with Gasteiger partial charge in [0.05, 0.1) is 13.0 Å². The van der Waals surface area contributed by atoms with Crippen LogP contribution in [0.15, 0.2) is 24.3 Å². The summed E-state index contributed by atoms with van der Waals surface area (Å²) in [5.74, 6) is 0.583. The molecule has 1 saturated heterocycles. The first-order valence-electron chi connectivity index (χ1n) is 6.83. The van der Waals surface area contributed by atoms with Crippen LogP contribution >= 0.6 is 0 Å². The topological polar surface area (TPSA) is 50.4 Å². The molecule has 0 aromatic heterocycles. The average molecular weight is 262 g/mol. The van der Waals surface area contributed by atoms with Gasteiger partial charge in [0, 0.05) is 31.3 Å². The SMILES string of the molecule is CNC(=O)Cc1ccccc1NC(C)C1CCOC1. The smallest absolute Gasteiger partial charge is 0.224 e. The summed E-state index contributed by atoms with van der Waals surface area (Å²) in [5.41, 5.74) is 2.08. The van der Waals surface area contributed by atoms with Crippen molar-refractivity contribution in [3.63, 3.8) is 0 Å². The highest BCUT2D eigenvalue weighted by molar-refractivity contribution is 5.80. The Morgan fingerprint density at radius 2 is 2.26 bits per heavy atom. The summed E-state index contributed by atoms with van der Waals surface area (Å²) in [7, 11) is 1.66. The minimum Gasteiger partial charge on any atom is -0.382 e. The number of nitrogens with one attached hydrogen (secondary N) is 2. The summed E-state index contributed by atoms with van der Waals surface area (Å²) in [6, 6.07) is 8.34. The second kappa shape index (κ2) is 6.57. The lowest BCUT2D eigenvalue weighted by atomic mass is 9.99. The highest BCUT2D eigenvalue weighted by Crippen LogP contribution is 2.22. The second-order valence-corrected chi connectivity index (χ2v) is 5.06. The molecular formula is C15H22N2O2. The van der Waals surface area contributed by atoms with Gasteiger partial charge in [-0.25, -0.2) is 0 Å². The number of anilines is 1. The Bertz CT molecular complexity index is 428. The van der Waals surface area contributed by atoms with Crippen molar-refractivity contribution in [1.29, 1.82) is 0 Å². The van der Waals surface area contributed by atoms with E-state index in [-0.39, 0.29) is 5.91 Å². The van der Waals surface area contributed by atoms with Gasteiger partial charge in [0.2, 0.25) is 5.91 Å². The Hall–Kier alpha value is -1.55. The number of para-hydroxylation sites is 1. The number of carbonyl (C=O) groups is 1. The average Bonchev–Trinajstić information content (AvgIpc) is 2.95. The van der Waals surface area contributed by atoms with Gasteiger partial charge in [-0.1, -0.05) is 18.2 Å². The first kappa shape index (κ1) is 13.9. The van der Waals surface area contributed by atoms with Gasteiger partial charge in [-0.2, -0.15) is 0 Å². The quantitative estimate of drug-likeness (QED) is 0.851. The van der Waals surface area contributed by atoms with Crippen molar-refractivity contribution in [2.24, 2.45) is 5.92 Å². The van der Waals surface area contributed by atoms with E-state index in [1.807, 2.05) is 24.3 Å². The molecule has 1 aliphatic rings. The molecule has 0 saturated carbocycles. The molecule has 2 N–H and O–H groups in total. The van der Waals surface area contributed by atoms with E-state index >= 15 is 0 Å². The van der Waals surface area contributed by atoms with Gasteiger partial charge in [0.25, 0.3) is 0 Å². The van der Waals surface area contributed by atoms with Crippen LogP contribution in [0.25, 0.3) is 0 Å². The van der Waals surface area contributed by atoms with Crippen LogP contribution in [0.5, 0.6) is 0 Å². The van der Waals surface area contributed by atoms with Crippen LogP contribution in [-0.4, -0.2) is 32.2 Å². The number of carbonyl (C=O) groups excluding carboxylic acids is 1. The predicted octanol–water partition coefficient (Wildman–Crippen LogP) is 1.81. The number of likely N-dealkylation sites (N-methyl/N-ethyl adjacent to an activating group) is 1. The van der Waals surface area contributed by atoms with Crippen LogP contribution in [-0.2, 0) is 16.0 Å². The van der Waals surface area contributed by atoms with Gasteiger partial charge in [0.1, 0.15) is 0 Å². The molecule has 2 unspecified atom stereocenters. The van der Waals surface area contributed by atoms with Gasteiger partial charge < -0.3 is 15.4 Å². The summed E-state index contributed by atoms with van der Waals surface area (Å²) in [6.45, 7) is 3.86. The third kappa shape index (κ3) is 3.70. The molecule has 1 fully saturated rings. The monoisotopic (exact) mass is 262 g/mol. The van der Waals surface area contributed by atoms with Crippen molar-refractivity contribution < 1.29 is 9.53 Å². The molecule has 1 aromatic carbocycles. The fourth-order valence-electron chi connectivity index (χ4n) is 2.39. The van der Waals surface area contributed by atoms with Crippen LogP contribution < -0.4 is 10.6 Å². The number of benzene rings is 1. The maximum absolute atomic E-state index is 11.5. The molecule has 1 heterocycles. The van der Waals surface area contributed by atoms with Crippen molar-refractivity contribution in [2.45, 2.75) is 25.8 Å². The minimum absolute atomic E-state index is 0.0334. The lowest BCUT2D eigenvalue weighted by Gasteiger charge is -2.22. The lowest BCUT2D eigenvalue weighted by molar-refractivity contribution is -0.119. The number of amides is 1. The van der Waals surface area contributed by atoms with E-state index in [1.54, 1.807) is 7.05 Å². The zero-order chi connectivity index (χ0) is 13.7. The van der Waals surface area contributed by atoms with E-state index in [0.29, 0.717) is 18.4 Å². The number of ether oxygens (including phenoxy) is 1. The fourth-order valence-corrected chi connectivity index (χ4v) is 2.39. The van der Waals surface area contributed by atoms with E-state index in [2.05, 4.69) is 17.6 Å². The molecule has 0 bridgehead atoms. The van der Waals surface area contributed by atoms with E-state index in [1.165, 1.54) is 0 Å². The largest absolute Gasteiger partial charge is 0.382 e. The van der Waals surface area contributed by atoms with Gasteiger partial charge in [0.15, 0.2) is 0 Å². The first-order chi connectivity index (χ1) is 9.20. The molecule has 4 nitrogen and oxygen atoms in total.